The molecule has 0 spiro atoms. The summed E-state index contributed by atoms with van der Waals surface area (Å²) in [6.45, 7) is 0. The van der Waals surface area contributed by atoms with Crippen molar-refractivity contribution in [2.45, 2.75) is 0 Å². The molecular formula is C11H6F2IN3O3. The number of aromatic carboxylic acids is 1. The van der Waals surface area contributed by atoms with E-state index in [9.17, 15) is 18.7 Å². The van der Waals surface area contributed by atoms with Gasteiger partial charge in [0.2, 0.25) is 0 Å². The van der Waals surface area contributed by atoms with Crippen LogP contribution in [0.3, 0.4) is 0 Å². The molecule has 4 N–H and O–H groups in total. The molecule has 0 aliphatic heterocycles. The van der Waals surface area contributed by atoms with Crippen LogP contribution in [0.25, 0.3) is 11.4 Å². The third kappa shape index (κ3) is 2.48. The number of rotatable bonds is 2. The lowest BCUT2D eigenvalue weighted by Gasteiger charge is -2.07. The fraction of sp³-hybridized carbons (Fsp3) is 0. The van der Waals surface area contributed by atoms with Crippen LogP contribution in [0.5, 0.6) is 5.75 Å². The van der Waals surface area contributed by atoms with Crippen LogP contribution in [0.1, 0.15) is 10.5 Å². The van der Waals surface area contributed by atoms with Crippen LogP contribution < -0.4 is 5.73 Å². The Morgan fingerprint density at radius 3 is 2.50 bits per heavy atom. The number of nitrogens with zero attached hydrogens (tertiary/aromatic N) is 2. The minimum Gasteiger partial charge on any atom is -0.503 e. The van der Waals surface area contributed by atoms with Gasteiger partial charge in [-0.3, -0.25) is 0 Å². The molecule has 2 rings (SSSR count). The molecule has 9 heteroatoms. The predicted octanol–water partition coefficient (Wildman–Crippen LogP) is 2.01. The average Bonchev–Trinajstić information content (AvgIpc) is 2.36. The molecule has 0 radical (unpaired) electrons. The molecule has 0 unspecified atom stereocenters. The molecular weight excluding hydrogens is 387 g/mol. The summed E-state index contributed by atoms with van der Waals surface area (Å²) in [4.78, 5) is 17.9. The monoisotopic (exact) mass is 393 g/mol. The van der Waals surface area contributed by atoms with Crippen molar-refractivity contribution < 1.29 is 23.8 Å². The number of nitrogen functional groups attached to an aromatic ring is 1. The van der Waals surface area contributed by atoms with Crippen LogP contribution >= 0.6 is 22.6 Å². The zero-order valence-electron chi connectivity index (χ0n) is 9.56. The summed E-state index contributed by atoms with van der Waals surface area (Å²) in [5, 5.41) is 18.3. The van der Waals surface area contributed by atoms with Gasteiger partial charge < -0.3 is 15.9 Å². The van der Waals surface area contributed by atoms with Crippen molar-refractivity contribution in [3.05, 3.63) is 33.0 Å². The summed E-state index contributed by atoms with van der Waals surface area (Å²) in [6.07, 6.45) is 0. The maximum Gasteiger partial charge on any atom is 0.358 e. The Kier molecular flexibility index (Phi) is 3.70. The maximum atomic E-state index is 13.8. The number of carboxylic acids is 1. The molecule has 0 amide bonds. The van der Waals surface area contributed by atoms with E-state index < -0.39 is 40.7 Å². The Morgan fingerprint density at radius 1 is 1.25 bits per heavy atom. The minimum absolute atomic E-state index is 0.0501. The Hall–Kier alpha value is -2.04. The first kappa shape index (κ1) is 14.4. The normalized spacial score (nSPS) is 10.6. The Balaban J connectivity index is 2.71. The molecule has 0 atom stereocenters. The highest BCUT2D eigenvalue weighted by molar-refractivity contribution is 14.1. The highest BCUT2D eigenvalue weighted by Crippen LogP contribution is 2.28. The molecule has 0 bridgehead atoms. The highest BCUT2D eigenvalue weighted by Gasteiger charge is 2.20. The lowest BCUT2D eigenvalue weighted by Crippen LogP contribution is -2.07. The lowest BCUT2D eigenvalue weighted by molar-refractivity contribution is 0.0687. The fourth-order valence-corrected chi connectivity index (χ4v) is 1.86. The van der Waals surface area contributed by atoms with E-state index in [1.165, 1.54) is 0 Å². The Bertz CT molecular complexity index is 725. The molecule has 0 aliphatic rings. The van der Waals surface area contributed by atoms with Crippen molar-refractivity contribution in [3.8, 4) is 17.1 Å². The van der Waals surface area contributed by atoms with Gasteiger partial charge in [-0.05, 0) is 34.7 Å². The van der Waals surface area contributed by atoms with Gasteiger partial charge in [0.05, 0.1) is 9.13 Å². The number of halogens is 3. The molecule has 1 aromatic carbocycles. The number of hydrogen-bond donors (Lipinski definition) is 3. The van der Waals surface area contributed by atoms with Crippen LogP contribution in [0.2, 0.25) is 0 Å². The molecule has 0 saturated heterocycles. The van der Waals surface area contributed by atoms with Crippen LogP contribution in [-0.4, -0.2) is 26.2 Å². The number of benzene rings is 1. The maximum absolute atomic E-state index is 13.8. The van der Waals surface area contributed by atoms with Gasteiger partial charge in [-0.2, -0.15) is 0 Å². The van der Waals surface area contributed by atoms with Crippen molar-refractivity contribution in [1.82, 2.24) is 9.97 Å². The lowest BCUT2D eigenvalue weighted by atomic mass is 10.2. The van der Waals surface area contributed by atoms with Crippen LogP contribution in [-0.2, 0) is 0 Å². The van der Waals surface area contributed by atoms with Crippen LogP contribution in [0.15, 0.2) is 12.1 Å². The van der Waals surface area contributed by atoms with Gasteiger partial charge in [0.1, 0.15) is 11.6 Å². The molecule has 0 saturated carbocycles. The molecule has 0 fully saturated rings. The van der Waals surface area contributed by atoms with Crippen molar-refractivity contribution in [1.29, 1.82) is 0 Å². The number of carbonyl (C=O) groups is 1. The first-order chi connectivity index (χ1) is 9.31. The third-order valence-corrected chi connectivity index (χ3v) is 3.19. The van der Waals surface area contributed by atoms with Crippen LogP contribution in [0.4, 0.5) is 14.6 Å². The molecule has 20 heavy (non-hydrogen) atoms. The molecule has 1 aromatic heterocycles. The van der Waals surface area contributed by atoms with E-state index in [1.807, 2.05) is 0 Å². The largest absolute Gasteiger partial charge is 0.503 e. The van der Waals surface area contributed by atoms with Gasteiger partial charge in [-0.25, -0.2) is 23.5 Å². The molecule has 6 nitrogen and oxygen atoms in total. The van der Waals surface area contributed by atoms with Gasteiger partial charge in [-0.1, -0.05) is 0 Å². The van der Waals surface area contributed by atoms with Crippen LogP contribution in [0, 0.1) is 15.2 Å². The van der Waals surface area contributed by atoms with E-state index in [4.69, 9.17) is 10.8 Å². The molecule has 1 heterocycles. The number of carboxylic acid groups (broad SMARTS) is 1. The molecule has 2 aromatic rings. The van der Waals surface area contributed by atoms with Gasteiger partial charge >= 0.3 is 5.97 Å². The zero-order chi connectivity index (χ0) is 15.0. The Labute approximate surface area is 124 Å². The summed E-state index contributed by atoms with van der Waals surface area (Å²) >= 11 is 1.60. The number of anilines is 1. The van der Waals surface area contributed by atoms with Gasteiger partial charge in [0.25, 0.3) is 0 Å². The number of aromatic nitrogens is 2. The standard InChI is InChI=1S/C11H6F2IN3O3/c12-4-2-6(14)5(13)1-3(4)10-16-7(11(19)20)8(18)9(15)17-10/h1-2,18H,(H,19,20)(H2,15,16,17). The van der Waals surface area contributed by atoms with Gasteiger partial charge in [0, 0.05) is 0 Å². The predicted molar refractivity (Wildman–Crippen MR) is 73.1 cm³/mol. The van der Waals surface area contributed by atoms with E-state index in [1.54, 1.807) is 22.6 Å². The third-order valence-electron chi connectivity index (χ3n) is 2.36. The van der Waals surface area contributed by atoms with E-state index >= 15 is 0 Å². The second-order valence-corrected chi connectivity index (χ2v) is 4.84. The SMILES string of the molecule is Nc1nc(-c2cc(F)c(I)cc2F)nc(C(=O)O)c1O. The number of nitrogens with two attached hydrogens (primary N) is 1. The summed E-state index contributed by atoms with van der Waals surface area (Å²) in [5.41, 5.74) is 4.20. The van der Waals surface area contributed by atoms with Crippen molar-refractivity contribution in [3.63, 3.8) is 0 Å². The first-order valence-electron chi connectivity index (χ1n) is 5.06. The summed E-state index contributed by atoms with van der Waals surface area (Å²) in [6, 6.07) is 1.74. The summed E-state index contributed by atoms with van der Waals surface area (Å²) in [5.74, 6) is -4.90. The van der Waals surface area contributed by atoms with E-state index in [0.717, 1.165) is 12.1 Å². The van der Waals surface area contributed by atoms with Crippen molar-refractivity contribution in [2.75, 3.05) is 5.73 Å². The zero-order valence-corrected chi connectivity index (χ0v) is 11.7. The van der Waals surface area contributed by atoms with Crippen molar-refractivity contribution >= 4 is 34.4 Å². The smallest absolute Gasteiger partial charge is 0.358 e. The highest BCUT2D eigenvalue weighted by atomic mass is 127. The van der Waals surface area contributed by atoms with E-state index in [-0.39, 0.29) is 9.13 Å². The van der Waals surface area contributed by atoms with E-state index in [0.29, 0.717) is 0 Å². The van der Waals surface area contributed by atoms with E-state index in [2.05, 4.69) is 9.97 Å². The van der Waals surface area contributed by atoms with Gasteiger partial charge in [-0.15, -0.1) is 0 Å². The minimum atomic E-state index is -1.57. The summed E-state index contributed by atoms with van der Waals surface area (Å²) in [7, 11) is 0. The second kappa shape index (κ2) is 5.15. The number of aromatic hydroxyl groups is 1. The fourth-order valence-electron chi connectivity index (χ4n) is 1.44. The van der Waals surface area contributed by atoms with Crippen molar-refractivity contribution in [2.24, 2.45) is 0 Å². The first-order valence-corrected chi connectivity index (χ1v) is 6.13. The Morgan fingerprint density at radius 2 is 1.90 bits per heavy atom. The quantitative estimate of drug-likeness (QED) is 0.532. The molecule has 0 aliphatic carbocycles. The number of hydrogen-bond acceptors (Lipinski definition) is 5. The second-order valence-electron chi connectivity index (χ2n) is 3.68. The van der Waals surface area contributed by atoms with Gasteiger partial charge in [0.15, 0.2) is 23.1 Å². The molecule has 104 valence electrons. The summed E-state index contributed by atoms with van der Waals surface area (Å²) < 4.78 is 27.3. The average molecular weight is 393 g/mol. The topological polar surface area (TPSA) is 109 Å².